The number of alkyl halides is 3. The van der Waals surface area contributed by atoms with Crippen molar-refractivity contribution in [3.8, 4) is 0 Å². The Kier molecular flexibility index (Phi) is 11.7. The predicted molar refractivity (Wildman–Crippen MR) is 118 cm³/mol. The molecule has 0 aromatic carbocycles. The summed E-state index contributed by atoms with van der Waals surface area (Å²) >= 11 is 0. The van der Waals surface area contributed by atoms with Crippen LogP contribution in [0.3, 0.4) is 0 Å². The molecular weight excluding hydrogens is 407 g/mol. The van der Waals surface area contributed by atoms with E-state index in [2.05, 4.69) is 22.3 Å². The Balaban J connectivity index is 2.48. The standard InChI is InChI=1S/C23H38F3N3O2/c1-5-20(31-23(24,25)26)10-8-12-28-15-18(27)13-19(29-6-2)14-22-17(4)21(22)11-7-9-16(3)30/h8,10,12-13,17-18,21-22,28-29H,5-7,9,11,14-15,27H2,1-4H3/b12-8+,19-13-,20-10+/t17-,18+,21?,22?/m0/s1. The van der Waals surface area contributed by atoms with E-state index in [0.717, 1.165) is 31.5 Å². The molecule has 31 heavy (non-hydrogen) atoms. The van der Waals surface area contributed by atoms with Crippen LogP contribution in [0.5, 0.6) is 0 Å². The summed E-state index contributed by atoms with van der Waals surface area (Å²) in [7, 11) is 0. The summed E-state index contributed by atoms with van der Waals surface area (Å²) in [5.41, 5.74) is 7.32. The van der Waals surface area contributed by atoms with Crippen molar-refractivity contribution in [2.24, 2.45) is 23.5 Å². The number of ether oxygens (including phenoxy) is 1. The molecule has 0 spiro atoms. The Morgan fingerprint density at radius 2 is 1.97 bits per heavy atom. The van der Waals surface area contributed by atoms with Crippen molar-refractivity contribution in [1.29, 1.82) is 0 Å². The normalized spacial score (nSPS) is 23.0. The molecule has 0 bridgehead atoms. The van der Waals surface area contributed by atoms with Crippen LogP contribution in [0.15, 0.2) is 35.9 Å². The monoisotopic (exact) mass is 445 g/mol. The fourth-order valence-corrected chi connectivity index (χ4v) is 3.84. The van der Waals surface area contributed by atoms with Gasteiger partial charge in [-0.05, 0) is 75.3 Å². The predicted octanol–water partition coefficient (Wildman–Crippen LogP) is 4.77. The number of nitrogens with two attached hydrogens (primary N) is 1. The highest BCUT2D eigenvalue weighted by atomic mass is 19.4. The zero-order chi connectivity index (χ0) is 23.4. The van der Waals surface area contributed by atoms with Crippen molar-refractivity contribution in [3.05, 3.63) is 35.9 Å². The fourth-order valence-electron chi connectivity index (χ4n) is 3.84. The minimum absolute atomic E-state index is 0.146. The summed E-state index contributed by atoms with van der Waals surface area (Å²) in [4.78, 5) is 11.1. The number of halogens is 3. The Labute approximate surface area is 184 Å². The number of carbonyl (C=O) groups excluding carboxylic acids is 1. The van der Waals surface area contributed by atoms with E-state index in [1.54, 1.807) is 20.0 Å². The van der Waals surface area contributed by atoms with Crippen LogP contribution in [0.2, 0.25) is 0 Å². The van der Waals surface area contributed by atoms with Crippen LogP contribution < -0.4 is 16.4 Å². The second kappa shape index (κ2) is 13.5. The molecule has 1 aliphatic rings. The van der Waals surface area contributed by atoms with Crippen LogP contribution in [0.25, 0.3) is 0 Å². The van der Waals surface area contributed by atoms with E-state index < -0.39 is 6.36 Å². The van der Waals surface area contributed by atoms with Crippen molar-refractivity contribution in [3.63, 3.8) is 0 Å². The summed E-state index contributed by atoms with van der Waals surface area (Å²) < 4.78 is 40.7. The number of hydrogen-bond acceptors (Lipinski definition) is 5. The van der Waals surface area contributed by atoms with Crippen molar-refractivity contribution in [2.45, 2.75) is 72.2 Å². The maximum Gasteiger partial charge on any atom is 0.572 e. The van der Waals surface area contributed by atoms with Gasteiger partial charge < -0.3 is 25.9 Å². The van der Waals surface area contributed by atoms with E-state index in [1.165, 1.54) is 12.2 Å². The summed E-state index contributed by atoms with van der Waals surface area (Å²) in [6.07, 6.45) is 5.46. The first-order valence-corrected chi connectivity index (χ1v) is 11.1. The lowest BCUT2D eigenvalue weighted by molar-refractivity contribution is -0.306. The van der Waals surface area contributed by atoms with Gasteiger partial charge in [-0.15, -0.1) is 13.2 Å². The first-order valence-electron chi connectivity index (χ1n) is 11.1. The second-order valence-electron chi connectivity index (χ2n) is 8.17. The lowest BCUT2D eigenvalue weighted by Crippen LogP contribution is -2.31. The molecule has 178 valence electrons. The van der Waals surface area contributed by atoms with Gasteiger partial charge in [0.15, 0.2) is 0 Å². The van der Waals surface area contributed by atoms with Crippen LogP contribution in [-0.4, -0.2) is 31.3 Å². The van der Waals surface area contributed by atoms with Crippen molar-refractivity contribution >= 4 is 5.78 Å². The van der Waals surface area contributed by atoms with Crippen LogP contribution in [0, 0.1) is 17.8 Å². The SMILES string of the molecule is CCN/C(=C\[C@@H](N)CN/C=C/C=C(\CC)OC(F)(F)F)CC1C(CCCC(C)=O)[C@@H]1C. The average Bonchev–Trinajstić information content (AvgIpc) is 3.26. The Hall–Kier alpha value is -1.96. The molecule has 0 aromatic rings. The van der Waals surface area contributed by atoms with Gasteiger partial charge in [0, 0.05) is 37.7 Å². The van der Waals surface area contributed by atoms with Gasteiger partial charge in [-0.25, -0.2) is 0 Å². The van der Waals surface area contributed by atoms with E-state index in [0.29, 0.717) is 30.7 Å². The largest absolute Gasteiger partial charge is 0.572 e. The van der Waals surface area contributed by atoms with Gasteiger partial charge in [-0.1, -0.05) is 13.8 Å². The second-order valence-corrected chi connectivity index (χ2v) is 8.17. The maximum absolute atomic E-state index is 12.2. The molecule has 0 aromatic heterocycles. The Morgan fingerprint density at radius 1 is 1.26 bits per heavy atom. The number of ketones is 1. The molecule has 4 atom stereocenters. The lowest BCUT2D eigenvalue weighted by atomic mass is 10.1. The molecule has 0 radical (unpaired) electrons. The molecule has 0 aliphatic heterocycles. The maximum atomic E-state index is 12.2. The molecule has 1 fully saturated rings. The minimum atomic E-state index is -4.68. The third kappa shape index (κ3) is 11.9. The molecular formula is C23H38F3N3O2. The zero-order valence-electron chi connectivity index (χ0n) is 19.1. The summed E-state index contributed by atoms with van der Waals surface area (Å²) in [6.45, 7) is 8.81. The molecule has 8 heteroatoms. The molecule has 0 amide bonds. The van der Waals surface area contributed by atoms with Crippen LogP contribution in [0.1, 0.15) is 59.8 Å². The first-order chi connectivity index (χ1) is 14.6. The third-order valence-corrected chi connectivity index (χ3v) is 5.55. The Bertz CT molecular complexity index is 644. The van der Waals surface area contributed by atoms with Gasteiger partial charge in [-0.2, -0.15) is 0 Å². The van der Waals surface area contributed by atoms with Crippen LogP contribution >= 0.6 is 0 Å². The number of Topliss-reactive ketones (excluding diaryl/α,β-unsaturated/α-hetero) is 1. The zero-order valence-corrected chi connectivity index (χ0v) is 19.1. The highest BCUT2D eigenvalue weighted by Crippen LogP contribution is 2.52. The molecule has 2 unspecified atom stereocenters. The number of hydrogen-bond donors (Lipinski definition) is 3. The van der Waals surface area contributed by atoms with Gasteiger partial charge in [0.05, 0.1) is 0 Å². The van der Waals surface area contributed by atoms with Gasteiger partial charge in [0.2, 0.25) is 0 Å². The third-order valence-electron chi connectivity index (χ3n) is 5.55. The first kappa shape index (κ1) is 27.1. The van der Waals surface area contributed by atoms with E-state index in [1.807, 2.05) is 13.0 Å². The number of carbonyl (C=O) groups is 1. The fraction of sp³-hybridized carbons (Fsp3) is 0.696. The molecule has 5 nitrogen and oxygen atoms in total. The highest BCUT2D eigenvalue weighted by Gasteiger charge is 2.45. The van der Waals surface area contributed by atoms with Gasteiger partial charge >= 0.3 is 6.36 Å². The van der Waals surface area contributed by atoms with Crippen molar-refractivity contribution in [1.82, 2.24) is 10.6 Å². The lowest BCUT2D eigenvalue weighted by Gasteiger charge is -2.13. The molecule has 0 saturated heterocycles. The molecule has 4 N–H and O–H groups in total. The van der Waals surface area contributed by atoms with Crippen molar-refractivity contribution in [2.75, 3.05) is 13.1 Å². The van der Waals surface area contributed by atoms with Crippen molar-refractivity contribution < 1.29 is 22.7 Å². The molecule has 1 aliphatic carbocycles. The summed E-state index contributed by atoms with van der Waals surface area (Å²) in [6, 6.07) is -0.232. The van der Waals surface area contributed by atoms with E-state index in [9.17, 15) is 18.0 Å². The molecule has 1 saturated carbocycles. The molecule has 1 rings (SSSR count). The smallest absolute Gasteiger partial charge is 0.410 e. The highest BCUT2D eigenvalue weighted by molar-refractivity contribution is 5.75. The number of rotatable bonds is 15. The molecule has 0 heterocycles. The van der Waals surface area contributed by atoms with Gasteiger partial charge in [0.1, 0.15) is 11.5 Å². The average molecular weight is 446 g/mol. The summed E-state index contributed by atoms with van der Waals surface area (Å²) in [5.74, 6) is 2.03. The van der Waals surface area contributed by atoms with Gasteiger partial charge in [-0.3, -0.25) is 0 Å². The van der Waals surface area contributed by atoms with E-state index in [4.69, 9.17) is 5.73 Å². The number of nitrogens with one attached hydrogen (secondary N) is 2. The van der Waals surface area contributed by atoms with E-state index in [-0.39, 0.29) is 24.0 Å². The van der Waals surface area contributed by atoms with Crippen LogP contribution in [-0.2, 0) is 9.53 Å². The quantitative estimate of drug-likeness (QED) is 0.250. The minimum Gasteiger partial charge on any atom is -0.410 e. The van der Waals surface area contributed by atoms with Gasteiger partial charge in [0.25, 0.3) is 0 Å². The number of allylic oxidation sites excluding steroid dienone is 4. The van der Waals surface area contributed by atoms with E-state index >= 15 is 0 Å². The van der Waals surface area contributed by atoms with Crippen LogP contribution in [0.4, 0.5) is 13.2 Å². The Morgan fingerprint density at radius 3 is 2.55 bits per heavy atom. The summed E-state index contributed by atoms with van der Waals surface area (Å²) in [5, 5.41) is 6.40. The topological polar surface area (TPSA) is 76.4 Å².